The topological polar surface area (TPSA) is 39.1 Å². The van der Waals surface area contributed by atoms with Gasteiger partial charge in [0.1, 0.15) is 0 Å². The van der Waals surface area contributed by atoms with Gasteiger partial charge >= 0.3 is 0 Å². The third kappa shape index (κ3) is 4.02. The Kier molecular flexibility index (Phi) is 4.64. The van der Waals surface area contributed by atoms with Gasteiger partial charge in [-0.25, -0.2) is 0 Å². The molecule has 2 atom stereocenters. The highest BCUT2D eigenvalue weighted by Crippen LogP contribution is 2.16. The molecule has 0 radical (unpaired) electrons. The number of anilines is 1. The van der Waals surface area contributed by atoms with Crippen molar-refractivity contribution < 1.29 is 4.74 Å². The summed E-state index contributed by atoms with van der Waals surface area (Å²) < 4.78 is 7.61. The lowest BCUT2D eigenvalue weighted by molar-refractivity contribution is 0.0940. The molecule has 2 rings (SSSR count). The third-order valence-corrected chi connectivity index (χ3v) is 3.29. The van der Waals surface area contributed by atoms with E-state index in [0.29, 0.717) is 12.1 Å². The van der Waals surface area contributed by atoms with Crippen LogP contribution in [0.4, 0.5) is 5.69 Å². The summed E-state index contributed by atoms with van der Waals surface area (Å²) in [6.07, 6.45) is 7.86. The first kappa shape index (κ1) is 13.4. The minimum absolute atomic E-state index is 0.353. The molecule has 1 saturated heterocycles. The molecule has 4 nitrogen and oxygen atoms in total. The lowest BCUT2D eigenvalue weighted by atomic mass is 10.1. The normalized spacial score (nSPS) is 21.4. The van der Waals surface area contributed by atoms with Gasteiger partial charge in [0.05, 0.1) is 24.5 Å². The van der Waals surface area contributed by atoms with E-state index >= 15 is 0 Å². The molecule has 1 N–H and O–H groups in total. The van der Waals surface area contributed by atoms with Gasteiger partial charge < -0.3 is 10.1 Å². The van der Waals surface area contributed by atoms with Gasteiger partial charge in [0.25, 0.3) is 0 Å². The highest BCUT2D eigenvalue weighted by Gasteiger charge is 2.16. The van der Waals surface area contributed by atoms with Gasteiger partial charge in [-0.2, -0.15) is 5.10 Å². The predicted molar refractivity (Wildman–Crippen MR) is 73.7 cm³/mol. The number of ether oxygens (including phenoxy) is 1. The van der Waals surface area contributed by atoms with Crippen LogP contribution in [0.5, 0.6) is 0 Å². The van der Waals surface area contributed by atoms with Crippen LogP contribution < -0.4 is 5.32 Å². The maximum absolute atomic E-state index is 5.62. The largest absolute Gasteiger partial charge is 0.380 e. The van der Waals surface area contributed by atoms with Crippen LogP contribution in [-0.2, 0) is 11.3 Å². The summed E-state index contributed by atoms with van der Waals surface area (Å²) in [6, 6.07) is 0.491. The van der Waals surface area contributed by atoms with Gasteiger partial charge in [-0.05, 0) is 32.1 Å². The average Bonchev–Trinajstić information content (AvgIpc) is 2.89. The Bertz CT molecular complexity index is 356. The lowest BCUT2D eigenvalue weighted by Gasteiger charge is -2.15. The lowest BCUT2D eigenvalue weighted by Crippen LogP contribution is -2.17. The van der Waals surface area contributed by atoms with Gasteiger partial charge in [0.2, 0.25) is 0 Å². The Balaban J connectivity index is 1.81. The number of nitrogens with one attached hydrogen (secondary N) is 1. The van der Waals surface area contributed by atoms with Crippen LogP contribution in [0.3, 0.4) is 0 Å². The van der Waals surface area contributed by atoms with Crippen molar-refractivity contribution in [3.05, 3.63) is 12.4 Å². The second kappa shape index (κ2) is 6.23. The van der Waals surface area contributed by atoms with Crippen molar-refractivity contribution in [2.45, 2.75) is 58.7 Å². The van der Waals surface area contributed by atoms with Gasteiger partial charge in [0, 0.05) is 18.8 Å². The van der Waals surface area contributed by atoms with Gasteiger partial charge in [-0.3, -0.25) is 4.68 Å². The minimum atomic E-state index is 0.353. The van der Waals surface area contributed by atoms with Crippen molar-refractivity contribution in [2.75, 3.05) is 11.9 Å². The van der Waals surface area contributed by atoms with Gasteiger partial charge in [0.15, 0.2) is 0 Å². The van der Waals surface area contributed by atoms with Crippen LogP contribution in [0.25, 0.3) is 0 Å². The van der Waals surface area contributed by atoms with Crippen LogP contribution in [0.15, 0.2) is 12.4 Å². The monoisotopic (exact) mass is 251 g/mol. The number of hydrogen-bond acceptors (Lipinski definition) is 3. The summed E-state index contributed by atoms with van der Waals surface area (Å²) in [5.41, 5.74) is 1.11. The molecule has 1 aliphatic rings. The fourth-order valence-corrected chi connectivity index (χ4v) is 2.59. The molecule has 102 valence electrons. The van der Waals surface area contributed by atoms with E-state index < -0.39 is 0 Å². The Morgan fingerprint density at radius 3 is 3.00 bits per heavy atom. The van der Waals surface area contributed by atoms with E-state index in [9.17, 15) is 0 Å². The van der Waals surface area contributed by atoms with Gasteiger partial charge in [-0.15, -0.1) is 0 Å². The second-order valence-corrected chi connectivity index (χ2v) is 5.76. The summed E-state index contributed by atoms with van der Waals surface area (Å²) in [7, 11) is 0. The zero-order chi connectivity index (χ0) is 13.0. The van der Waals surface area contributed by atoms with E-state index in [1.165, 1.54) is 12.8 Å². The number of aromatic nitrogens is 2. The first-order chi connectivity index (χ1) is 8.63. The van der Waals surface area contributed by atoms with Crippen molar-refractivity contribution in [3.63, 3.8) is 0 Å². The van der Waals surface area contributed by atoms with Crippen LogP contribution in [0.2, 0.25) is 0 Å². The predicted octanol–water partition coefficient (Wildman–Crippen LogP) is 2.91. The van der Waals surface area contributed by atoms with Gasteiger partial charge in [-0.1, -0.05) is 13.8 Å². The van der Waals surface area contributed by atoms with E-state index in [1.807, 2.05) is 10.9 Å². The SMILES string of the molecule is CC(C)CC(C)Nc1cnn(CC2CCCO2)c1. The summed E-state index contributed by atoms with van der Waals surface area (Å²) >= 11 is 0. The molecule has 1 fully saturated rings. The number of nitrogens with zero attached hydrogens (tertiary/aromatic N) is 2. The molecular formula is C14H25N3O. The van der Waals surface area contributed by atoms with Crippen molar-refractivity contribution in [2.24, 2.45) is 5.92 Å². The quantitative estimate of drug-likeness (QED) is 0.845. The first-order valence-electron chi connectivity index (χ1n) is 7.04. The summed E-state index contributed by atoms with van der Waals surface area (Å²) in [5, 5.41) is 7.88. The summed E-state index contributed by atoms with van der Waals surface area (Å²) in [4.78, 5) is 0. The number of rotatable bonds is 6. The third-order valence-electron chi connectivity index (χ3n) is 3.29. The van der Waals surface area contributed by atoms with E-state index in [4.69, 9.17) is 4.74 Å². The first-order valence-corrected chi connectivity index (χ1v) is 7.04. The highest BCUT2D eigenvalue weighted by atomic mass is 16.5. The second-order valence-electron chi connectivity index (χ2n) is 5.76. The molecule has 1 aromatic rings. The Hall–Kier alpha value is -1.03. The van der Waals surface area contributed by atoms with Crippen LogP contribution in [-0.4, -0.2) is 28.5 Å². The molecular weight excluding hydrogens is 226 g/mol. The molecule has 2 heterocycles. The fourth-order valence-electron chi connectivity index (χ4n) is 2.59. The molecule has 0 bridgehead atoms. The standard InChI is InChI=1S/C14H25N3O/c1-11(2)7-12(3)16-13-8-15-17(9-13)10-14-5-4-6-18-14/h8-9,11-12,14,16H,4-7,10H2,1-3H3. The van der Waals surface area contributed by atoms with Crippen molar-refractivity contribution in [1.82, 2.24) is 9.78 Å². The molecule has 0 spiro atoms. The number of hydrogen-bond donors (Lipinski definition) is 1. The van der Waals surface area contributed by atoms with Crippen LogP contribution in [0.1, 0.15) is 40.0 Å². The van der Waals surface area contributed by atoms with Crippen molar-refractivity contribution in [3.8, 4) is 0 Å². The van der Waals surface area contributed by atoms with E-state index in [2.05, 4.69) is 37.4 Å². The van der Waals surface area contributed by atoms with Crippen molar-refractivity contribution >= 4 is 5.69 Å². The maximum Gasteiger partial charge on any atom is 0.0771 e. The molecule has 1 aromatic heterocycles. The molecule has 1 aliphatic heterocycles. The summed E-state index contributed by atoms with van der Waals surface area (Å²) in [6.45, 7) is 8.50. The average molecular weight is 251 g/mol. The smallest absolute Gasteiger partial charge is 0.0771 e. The summed E-state index contributed by atoms with van der Waals surface area (Å²) in [5.74, 6) is 0.717. The minimum Gasteiger partial charge on any atom is -0.380 e. The van der Waals surface area contributed by atoms with Crippen LogP contribution >= 0.6 is 0 Å². The highest BCUT2D eigenvalue weighted by molar-refractivity contribution is 5.39. The molecule has 4 heteroatoms. The molecule has 0 saturated carbocycles. The molecule has 0 amide bonds. The molecule has 0 aliphatic carbocycles. The van der Waals surface area contributed by atoms with E-state index in [0.717, 1.165) is 31.2 Å². The van der Waals surface area contributed by atoms with E-state index in [-0.39, 0.29) is 0 Å². The van der Waals surface area contributed by atoms with Crippen LogP contribution in [0, 0.1) is 5.92 Å². The molecule has 0 aromatic carbocycles. The fraction of sp³-hybridized carbons (Fsp3) is 0.786. The zero-order valence-corrected chi connectivity index (χ0v) is 11.7. The Morgan fingerprint density at radius 2 is 2.33 bits per heavy atom. The Labute approximate surface area is 110 Å². The molecule has 2 unspecified atom stereocenters. The molecule has 18 heavy (non-hydrogen) atoms. The Morgan fingerprint density at radius 1 is 1.50 bits per heavy atom. The maximum atomic E-state index is 5.62. The zero-order valence-electron chi connectivity index (χ0n) is 11.7. The van der Waals surface area contributed by atoms with E-state index in [1.54, 1.807) is 0 Å². The van der Waals surface area contributed by atoms with Crippen molar-refractivity contribution in [1.29, 1.82) is 0 Å².